The largest absolute Gasteiger partial charge is 0.396 e. The average Bonchev–Trinajstić information content (AvgIpc) is 2.11. The molecule has 3 N–H and O–H groups in total. The summed E-state index contributed by atoms with van der Waals surface area (Å²) in [6, 6.07) is 2.26. The van der Waals surface area contributed by atoms with Crippen LogP contribution in [0.25, 0.3) is 0 Å². The first-order valence-electron chi connectivity index (χ1n) is 3.98. The zero-order valence-electron chi connectivity index (χ0n) is 8.12. The first-order chi connectivity index (χ1) is 7.22. The van der Waals surface area contributed by atoms with Crippen molar-refractivity contribution >= 4 is 33.2 Å². The number of amides is 1. The molecule has 0 aliphatic heterocycles. The topological polar surface area (TPSA) is 89.3 Å². The predicted molar refractivity (Wildman–Crippen MR) is 58.1 cm³/mol. The van der Waals surface area contributed by atoms with Crippen molar-refractivity contribution < 1.29 is 17.6 Å². The van der Waals surface area contributed by atoms with Gasteiger partial charge in [-0.25, -0.2) is 17.5 Å². The van der Waals surface area contributed by atoms with Gasteiger partial charge in [-0.15, -0.1) is 0 Å². The molecule has 1 aromatic rings. The highest BCUT2D eigenvalue weighted by Gasteiger charge is 2.18. The number of nitrogens with one attached hydrogen (secondary N) is 1. The minimum atomic E-state index is -3.72. The second-order valence-electron chi connectivity index (χ2n) is 3.03. The molecule has 0 radical (unpaired) electrons. The number of halogens is 2. The SMILES string of the molecule is CS(=O)(=O)NC(=O)c1ccc(N)c(F)c1Cl. The van der Waals surface area contributed by atoms with E-state index in [0.29, 0.717) is 0 Å². The van der Waals surface area contributed by atoms with Crippen molar-refractivity contribution in [1.82, 2.24) is 4.72 Å². The number of hydrogen-bond acceptors (Lipinski definition) is 4. The fourth-order valence-corrected chi connectivity index (χ4v) is 1.67. The minimum Gasteiger partial charge on any atom is -0.396 e. The molecule has 0 fully saturated rings. The maximum Gasteiger partial charge on any atom is 0.266 e. The first-order valence-corrected chi connectivity index (χ1v) is 6.25. The van der Waals surface area contributed by atoms with Gasteiger partial charge in [0.2, 0.25) is 10.0 Å². The molecule has 8 heteroatoms. The quantitative estimate of drug-likeness (QED) is 0.773. The zero-order chi connectivity index (χ0) is 12.5. The van der Waals surface area contributed by atoms with Gasteiger partial charge in [0.05, 0.1) is 22.5 Å². The monoisotopic (exact) mass is 266 g/mol. The smallest absolute Gasteiger partial charge is 0.266 e. The number of carbonyl (C=O) groups is 1. The zero-order valence-corrected chi connectivity index (χ0v) is 9.69. The third-order valence-corrected chi connectivity index (χ3v) is 2.56. The van der Waals surface area contributed by atoms with E-state index in [1.54, 1.807) is 4.72 Å². The first kappa shape index (κ1) is 12.7. The van der Waals surface area contributed by atoms with Gasteiger partial charge in [-0.05, 0) is 12.1 Å². The fourth-order valence-electron chi connectivity index (χ4n) is 0.963. The van der Waals surface area contributed by atoms with Crippen LogP contribution in [0.15, 0.2) is 12.1 Å². The van der Waals surface area contributed by atoms with Gasteiger partial charge >= 0.3 is 0 Å². The van der Waals surface area contributed by atoms with Crippen LogP contribution >= 0.6 is 11.6 Å². The third-order valence-electron chi connectivity index (χ3n) is 1.63. The number of benzene rings is 1. The standard InChI is InChI=1S/C8H8ClFN2O3S/c1-16(14,15)12-8(13)4-2-3-5(11)7(10)6(4)9/h2-3H,11H2,1H3,(H,12,13). The van der Waals surface area contributed by atoms with E-state index < -0.39 is 26.8 Å². The lowest BCUT2D eigenvalue weighted by Crippen LogP contribution is -2.29. The van der Waals surface area contributed by atoms with Crippen LogP contribution in [0.4, 0.5) is 10.1 Å². The molecule has 0 aromatic heterocycles. The van der Waals surface area contributed by atoms with Crippen molar-refractivity contribution in [2.24, 2.45) is 0 Å². The van der Waals surface area contributed by atoms with Gasteiger partial charge in [-0.2, -0.15) is 0 Å². The Bertz CT molecular complexity index is 544. The molecule has 0 aliphatic rings. The lowest BCUT2D eigenvalue weighted by molar-refractivity contribution is 0.0981. The normalized spacial score (nSPS) is 11.2. The van der Waals surface area contributed by atoms with Gasteiger partial charge < -0.3 is 5.73 Å². The second-order valence-corrected chi connectivity index (χ2v) is 5.16. The summed E-state index contributed by atoms with van der Waals surface area (Å²) < 4.78 is 36.4. The fraction of sp³-hybridized carbons (Fsp3) is 0.125. The molecule has 0 saturated carbocycles. The number of anilines is 1. The van der Waals surface area contributed by atoms with E-state index in [1.807, 2.05) is 0 Å². The molecule has 5 nitrogen and oxygen atoms in total. The van der Waals surface area contributed by atoms with Crippen LogP contribution in [0.2, 0.25) is 5.02 Å². The van der Waals surface area contributed by atoms with Crippen molar-refractivity contribution in [1.29, 1.82) is 0 Å². The van der Waals surface area contributed by atoms with E-state index in [4.69, 9.17) is 17.3 Å². The average molecular weight is 267 g/mol. The summed E-state index contributed by atoms with van der Waals surface area (Å²) >= 11 is 5.51. The molecule has 88 valence electrons. The summed E-state index contributed by atoms with van der Waals surface area (Å²) in [5, 5.41) is -0.513. The van der Waals surface area contributed by atoms with Crippen molar-refractivity contribution in [3.63, 3.8) is 0 Å². The number of carbonyl (C=O) groups excluding carboxylic acids is 1. The Morgan fingerprint density at radius 2 is 2.06 bits per heavy atom. The number of nitrogens with two attached hydrogens (primary N) is 1. The molecule has 1 amide bonds. The van der Waals surface area contributed by atoms with E-state index in [2.05, 4.69) is 0 Å². The van der Waals surface area contributed by atoms with Gasteiger partial charge in [0.1, 0.15) is 0 Å². The molecule has 0 aliphatic carbocycles. The molecule has 0 bridgehead atoms. The number of rotatable bonds is 2. The lowest BCUT2D eigenvalue weighted by Gasteiger charge is -2.06. The van der Waals surface area contributed by atoms with E-state index in [1.165, 1.54) is 0 Å². The highest BCUT2D eigenvalue weighted by Crippen LogP contribution is 2.24. The molecular formula is C8H8ClFN2O3S. The Kier molecular flexibility index (Phi) is 3.39. The Hall–Kier alpha value is -1.34. The van der Waals surface area contributed by atoms with Crippen LogP contribution in [0.5, 0.6) is 0 Å². The second kappa shape index (κ2) is 4.26. The number of sulfonamides is 1. The minimum absolute atomic E-state index is 0.221. The van der Waals surface area contributed by atoms with E-state index in [-0.39, 0.29) is 11.3 Å². The summed E-state index contributed by atoms with van der Waals surface area (Å²) in [7, 11) is -3.72. The molecular weight excluding hydrogens is 259 g/mol. The maximum atomic E-state index is 13.2. The number of nitrogen functional groups attached to an aromatic ring is 1. The van der Waals surface area contributed by atoms with Gasteiger partial charge in [-0.1, -0.05) is 11.6 Å². The van der Waals surface area contributed by atoms with Crippen LogP contribution in [-0.2, 0) is 10.0 Å². The van der Waals surface area contributed by atoms with Crippen LogP contribution < -0.4 is 10.5 Å². The van der Waals surface area contributed by atoms with E-state index in [0.717, 1.165) is 18.4 Å². The van der Waals surface area contributed by atoms with Gasteiger partial charge in [0.25, 0.3) is 5.91 Å². The molecule has 0 unspecified atom stereocenters. The van der Waals surface area contributed by atoms with Crippen LogP contribution in [-0.4, -0.2) is 20.6 Å². The van der Waals surface area contributed by atoms with E-state index >= 15 is 0 Å². The Morgan fingerprint density at radius 3 is 2.56 bits per heavy atom. The highest BCUT2D eigenvalue weighted by molar-refractivity contribution is 7.89. The molecule has 1 rings (SSSR count). The summed E-state index contributed by atoms with van der Waals surface area (Å²) in [5.74, 6) is -1.96. The summed E-state index contributed by atoms with van der Waals surface area (Å²) in [6.45, 7) is 0. The van der Waals surface area contributed by atoms with Crippen LogP contribution in [0.3, 0.4) is 0 Å². The van der Waals surface area contributed by atoms with Gasteiger partial charge in [0, 0.05) is 0 Å². The Balaban J connectivity index is 3.16. The van der Waals surface area contributed by atoms with Crippen molar-refractivity contribution in [3.8, 4) is 0 Å². The molecule has 0 atom stereocenters. The van der Waals surface area contributed by atoms with Crippen LogP contribution in [0, 0.1) is 5.82 Å². The van der Waals surface area contributed by atoms with Crippen molar-refractivity contribution in [2.45, 2.75) is 0 Å². The lowest BCUT2D eigenvalue weighted by atomic mass is 10.2. The summed E-state index contributed by atoms with van der Waals surface area (Å²) in [4.78, 5) is 11.4. The van der Waals surface area contributed by atoms with Crippen molar-refractivity contribution in [3.05, 3.63) is 28.5 Å². The summed E-state index contributed by atoms with van der Waals surface area (Å²) in [5.41, 5.74) is 4.69. The molecule has 1 aromatic carbocycles. The van der Waals surface area contributed by atoms with E-state index in [9.17, 15) is 17.6 Å². The van der Waals surface area contributed by atoms with Gasteiger partial charge in [-0.3, -0.25) is 4.79 Å². The summed E-state index contributed by atoms with van der Waals surface area (Å²) in [6.07, 6.45) is 0.798. The molecule has 0 saturated heterocycles. The van der Waals surface area contributed by atoms with Gasteiger partial charge in [0.15, 0.2) is 5.82 Å². The maximum absolute atomic E-state index is 13.2. The predicted octanol–water partition coefficient (Wildman–Crippen LogP) is 0.751. The molecule has 0 spiro atoms. The van der Waals surface area contributed by atoms with Crippen LogP contribution in [0.1, 0.15) is 10.4 Å². The Labute approximate surface area is 96.4 Å². The third kappa shape index (κ3) is 2.83. The number of hydrogen-bond donors (Lipinski definition) is 2. The highest BCUT2D eigenvalue weighted by atomic mass is 35.5. The molecule has 0 heterocycles. The molecule has 16 heavy (non-hydrogen) atoms. The van der Waals surface area contributed by atoms with Crippen molar-refractivity contribution in [2.75, 3.05) is 12.0 Å². The Morgan fingerprint density at radius 1 is 1.50 bits per heavy atom.